The van der Waals surface area contributed by atoms with Gasteiger partial charge in [0, 0.05) is 12.7 Å². The normalized spacial score (nSPS) is 14.5. The standard InChI is InChI=1S/C12H16N2O3/c1-17-12(16)11-10(13-4-5-15)6-9(7-14-11)8-2-3-8/h6-8,13,15H,2-5H2,1H3. The lowest BCUT2D eigenvalue weighted by molar-refractivity contribution is 0.0595. The van der Waals surface area contributed by atoms with Gasteiger partial charge >= 0.3 is 5.97 Å². The Labute approximate surface area is 99.8 Å². The van der Waals surface area contributed by atoms with Crippen LogP contribution < -0.4 is 5.32 Å². The molecule has 2 rings (SSSR count). The van der Waals surface area contributed by atoms with Crippen LogP contribution >= 0.6 is 0 Å². The van der Waals surface area contributed by atoms with Gasteiger partial charge in [0.1, 0.15) is 0 Å². The van der Waals surface area contributed by atoms with Crippen molar-refractivity contribution in [3.8, 4) is 0 Å². The predicted octanol–water partition coefficient (Wildman–Crippen LogP) is 1.15. The number of nitrogens with one attached hydrogen (secondary N) is 1. The second-order valence-corrected chi connectivity index (χ2v) is 4.08. The number of esters is 1. The zero-order valence-electron chi connectivity index (χ0n) is 9.77. The lowest BCUT2D eigenvalue weighted by atomic mass is 10.1. The molecular formula is C12H16N2O3. The molecule has 1 aliphatic rings. The molecule has 0 bridgehead atoms. The number of hydrogen-bond acceptors (Lipinski definition) is 5. The molecule has 1 aromatic heterocycles. The largest absolute Gasteiger partial charge is 0.464 e. The first kappa shape index (κ1) is 11.9. The number of carbonyl (C=O) groups is 1. The number of aromatic nitrogens is 1. The van der Waals surface area contributed by atoms with Crippen LogP contribution in [-0.2, 0) is 4.74 Å². The van der Waals surface area contributed by atoms with Crippen LogP contribution in [0.1, 0.15) is 34.8 Å². The average Bonchev–Trinajstić information content (AvgIpc) is 3.19. The molecule has 0 spiro atoms. The molecule has 0 unspecified atom stereocenters. The number of pyridine rings is 1. The van der Waals surface area contributed by atoms with Gasteiger partial charge in [-0.2, -0.15) is 0 Å². The topological polar surface area (TPSA) is 71.5 Å². The van der Waals surface area contributed by atoms with Gasteiger partial charge in [0.2, 0.25) is 0 Å². The highest BCUT2D eigenvalue weighted by Gasteiger charge is 2.25. The van der Waals surface area contributed by atoms with Crippen molar-refractivity contribution in [1.82, 2.24) is 4.98 Å². The number of nitrogens with zero attached hydrogens (tertiary/aromatic N) is 1. The first-order valence-corrected chi connectivity index (χ1v) is 5.69. The number of aliphatic hydroxyl groups is 1. The van der Waals surface area contributed by atoms with E-state index in [1.54, 1.807) is 6.20 Å². The van der Waals surface area contributed by atoms with E-state index in [-0.39, 0.29) is 12.3 Å². The summed E-state index contributed by atoms with van der Waals surface area (Å²) in [4.78, 5) is 15.7. The molecule has 2 N–H and O–H groups in total. The zero-order chi connectivity index (χ0) is 12.3. The lowest BCUT2D eigenvalue weighted by Gasteiger charge is -2.10. The van der Waals surface area contributed by atoms with E-state index in [1.807, 2.05) is 6.07 Å². The summed E-state index contributed by atoms with van der Waals surface area (Å²) in [5.41, 5.74) is 2.04. The SMILES string of the molecule is COC(=O)c1ncc(C2CC2)cc1NCCO. The second kappa shape index (κ2) is 5.14. The van der Waals surface area contributed by atoms with Gasteiger partial charge in [-0.25, -0.2) is 9.78 Å². The maximum atomic E-state index is 11.5. The summed E-state index contributed by atoms with van der Waals surface area (Å²) in [6, 6.07) is 1.92. The number of rotatable bonds is 5. The fraction of sp³-hybridized carbons (Fsp3) is 0.500. The van der Waals surface area contributed by atoms with Gasteiger partial charge < -0.3 is 15.2 Å². The van der Waals surface area contributed by atoms with E-state index in [9.17, 15) is 4.79 Å². The molecule has 0 amide bonds. The molecule has 1 saturated carbocycles. The van der Waals surface area contributed by atoms with Gasteiger partial charge in [-0.3, -0.25) is 0 Å². The van der Waals surface area contributed by atoms with E-state index < -0.39 is 5.97 Å². The summed E-state index contributed by atoms with van der Waals surface area (Å²) in [6.45, 7) is 0.397. The van der Waals surface area contributed by atoms with Crippen LogP contribution in [-0.4, -0.2) is 36.3 Å². The van der Waals surface area contributed by atoms with E-state index >= 15 is 0 Å². The minimum Gasteiger partial charge on any atom is -0.464 e. The van der Waals surface area contributed by atoms with Crippen LogP contribution in [0, 0.1) is 0 Å². The van der Waals surface area contributed by atoms with Crippen molar-refractivity contribution < 1.29 is 14.6 Å². The molecule has 0 aromatic carbocycles. The van der Waals surface area contributed by atoms with Crippen LogP contribution in [0.5, 0.6) is 0 Å². The molecule has 0 radical (unpaired) electrons. The molecule has 5 heteroatoms. The van der Waals surface area contributed by atoms with Crippen molar-refractivity contribution in [2.75, 3.05) is 25.6 Å². The first-order valence-electron chi connectivity index (χ1n) is 5.69. The van der Waals surface area contributed by atoms with Crippen LogP contribution in [0.25, 0.3) is 0 Å². The Morgan fingerprint density at radius 3 is 3.00 bits per heavy atom. The van der Waals surface area contributed by atoms with Crippen molar-refractivity contribution in [3.63, 3.8) is 0 Å². The molecule has 0 saturated heterocycles. The molecule has 92 valence electrons. The number of carbonyl (C=O) groups excluding carboxylic acids is 1. The molecule has 1 aliphatic carbocycles. The van der Waals surface area contributed by atoms with E-state index in [0.717, 1.165) is 5.56 Å². The van der Waals surface area contributed by atoms with Crippen molar-refractivity contribution in [3.05, 3.63) is 23.5 Å². The van der Waals surface area contributed by atoms with Crippen molar-refractivity contribution in [2.45, 2.75) is 18.8 Å². The molecule has 1 fully saturated rings. The molecule has 0 aliphatic heterocycles. The number of aliphatic hydroxyl groups excluding tert-OH is 1. The van der Waals surface area contributed by atoms with Crippen molar-refractivity contribution in [1.29, 1.82) is 0 Å². The third-order valence-electron chi connectivity index (χ3n) is 2.76. The Hall–Kier alpha value is -1.62. The number of hydrogen-bond donors (Lipinski definition) is 2. The number of anilines is 1. The smallest absolute Gasteiger partial charge is 0.358 e. The highest BCUT2D eigenvalue weighted by atomic mass is 16.5. The highest BCUT2D eigenvalue weighted by Crippen LogP contribution is 2.40. The maximum absolute atomic E-state index is 11.5. The van der Waals surface area contributed by atoms with Crippen molar-refractivity contribution in [2.24, 2.45) is 0 Å². The summed E-state index contributed by atoms with van der Waals surface area (Å²) in [5.74, 6) is 0.108. The van der Waals surface area contributed by atoms with E-state index in [1.165, 1.54) is 20.0 Å². The summed E-state index contributed by atoms with van der Waals surface area (Å²) in [7, 11) is 1.33. The van der Waals surface area contributed by atoms with Crippen LogP contribution in [0.15, 0.2) is 12.3 Å². The van der Waals surface area contributed by atoms with E-state index in [0.29, 0.717) is 18.2 Å². The predicted molar refractivity (Wildman–Crippen MR) is 63.1 cm³/mol. The number of ether oxygens (including phenoxy) is 1. The minimum atomic E-state index is -0.465. The third kappa shape index (κ3) is 2.74. The van der Waals surface area contributed by atoms with Crippen molar-refractivity contribution >= 4 is 11.7 Å². The third-order valence-corrected chi connectivity index (χ3v) is 2.76. The Bertz CT molecular complexity index is 416. The second-order valence-electron chi connectivity index (χ2n) is 4.08. The highest BCUT2D eigenvalue weighted by molar-refractivity contribution is 5.93. The average molecular weight is 236 g/mol. The molecule has 1 aromatic rings. The molecule has 17 heavy (non-hydrogen) atoms. The molecule has 5 nitrogen and oxygen atoms in total. The summed E-state index contributed by atoms with van der Waals surface area (Å²) in [5, 5.41) is 11.8. The molecule has 1 heterocycles. The van der Waals surface area contributed by atoms with Crippen LogP contribution in [0.2, 0.25) is 0 Å². The summed E-state index contributed by atoms with van der Waals surface area (Å²) >= 11 is 0. The summed E-state index contributed by atoms with van der Waals surface area (Å²) in [6.07, 6.45) is 4.09. The minimum absolute atomic E-state index is 0.00820. The lowest BCUT2D eigenvalue weighted by Crippen LogP contribution is -2.13. The maximum Gasteiger partial charge on any atom is 0.358 e. The molecular weight excluding hydrogens is 220 g/mol. The van der Waals surface area contributed by atoms with Gasteiger partial charge in [-0.1, -0.05) is 0 Å². The van der Waals surface area contributed by atoms with Crippen LogP contribution in [0.4, 0.5) is 5.69 Å². The van der Waals surface area contributed by atoms with Gasteiger partial charge in [-0.15, -0.1) is 0 Å². The van der Waals surface area contributed by atoms with Gasteiger partial charge in [-0.05, 0) is 30.4 Å². The van der Waals surface area contributed by atoms with Gasteiger partial charge in [0.15, 0.2) is 5.69 Å². The number of methoxy groups -OCH3 is 1. The Balaban J connectivity index is 2.26. The molecule has 0 atom stereocenters. The fourth-order valence-electron chi connectivity index (χ4n) is 1.71. The quantitative estimate of drug-likeness (QED) is 0.750. The zero-order valence-corrected chi connectivity index (χ0v) is 9.77. The monoisotopic (exact) mass is 236 g/mol. The Morgan fingerprint density at radius 2 is 2.41 bits per heavy atom. The fourth-order valence-corrected chi connectivity index (χ4v) is 1.71. The van der Waals surface area contributed by atoms with Crippen LogP contribution in [0.3, 0.4) is 0 Å². The van der Waals surface area contributed by atoms with E-state index in [2.05, 4.69) is 15.0 Å². The Morgan fingerprint density at radius 1 is 1.65 bits per heavy atom. The first-order chi connectivity index (χ1) is 8.26. The van der Waals surface area contributed by atoms with Gasteiger partial charge in [0.25, 0.3) is 0 Å². The van der Waals surface area contributed by atoms with Gasteiger partial charge in [0.05, 0.1) is 19.4 Å². The Kier molecular flexibility index (Phi) is 3.58. The summed E-state index contributed by atoms with van der Waals surface area (Å²) < 4.78 is 4.67. The van der Waals surface area contributed by atoms with E-state index in [4.69, 9.17) is 5.11 Å².